The molecule has 1 heterocycles. The summed E-state index contributed by atoms with van der Waals surface area (Å²) in [5.74, 6) is -1.37. The van der Waals surface area contributed by atoms with Gasteiger partial charge >= 0.3 is 0 Å². The van der Waals surface area contributed by atoms with Crippen molar-refractivity contribution in [1.82, 2.24) is 4.98 Å². The highest BCUT2D eigenvalue weighted by atomic mass is 32.2. The number of sulfonamides is 1. The highest BCUT2D eigenvalue weighted by Crippen LogP contribution is 2.29. The molecular formula is C11H10F2N2O2S2. The van der Waals surface area contributed by atoms with E-state index in [1.807, 2.05) is 0 Å². The monoisotopic (exact) mass is 304 g/mol. The van der Waals surface area contributed by atoms with Gasteiger partial charge in [0.15, 0.2) is 5.13 Å². The Bertz CT molecular complexity index is 726. The molecule has 8 heteroatoms. The van der Waals surface area contributed by atoms with Gasteiger partial charge in [-0.1, -0.05) is 0 Å². The van der Waals surface area contributed by atoms with Gasteiger partial charge in [-0.25, -0.2) is 22.2 Å². The summed E-state index contributed by atoms with van der Waals surface area (Å²) in [4.78, 5) is 3.96. The van der Waals surface area contributed by atoms with Gasteiger partial charge in [0.05, 0.1) is 11.9 Å². The second-order valence-corrected chi connectivity index (χ2v) is 6.60. The van der Waals surface area contributed by atoms with Crippen molar-refractivity contribution in [2.75, 3.05) is 11.0 Å². The molecule has 19 heavy (non-hydrogen) atoms. The van der Waals surface area contributed by atoms with E-state index >= 15 is 0 Å². The Labute approximate surface area is 113 Å². The lowest BCUT2D eigenvalue weighted by molar-refractivity contribution is 0.579. The number of halogens is 2. The maximum absolute atomic E-state index is 13.6. The predicted molar refractivity (Wildman–Crippen MR) is 70.7 cm³/mol. The van der Waals surface area contributed by atoms with Crippen molar-refractivity contribution in [1.29, 1.82) is 0 Å². The van der Waals surface area contributed by atoms with Crippen LogP contribution in [0.5, 0.6) is 0 Å². The van der Waals surface area contributed by atoms with Crippen LogP contribution in [0.3, 0.4) is 0 Å². The molecule has 2 rings (SSSR count). The Hall–Kier alpha value is -1.54. The number of aryl methyl sites for hydroxylation is 1. The van der Waals surface area contributed by atoms with Crippen molar-refractivity contribution in [3.8, 4) is 11.3 Å². The van der Waals surface area contributed by atoms with E-state index in [4.69, 9.17) is 0 Å². The Balaban J connectivity index is 2.41. The Morgan fingerprint density at radius 3 is 2.58 bits per heavy atom. The van der Waals surface area contributed by atoms with Gasteiger partial charge in [-0.3, -0.25) is 4.72 Å². The minimum absolute atomic E-state index is 0.136. The zero-order valence-corrected chi connectivity index (χ0v) is 11.7. The van der Waals surface area contributed by atoms with Crippen molar-refractivity contribution < 1.29 is 17.2 Å². The van der Waals surface area contributed by atoms with E-state index in [1.165, 1.54) is 18.4 Å². The molecule has 0 atom stereocenters. The topological polar surface area (TPSA) is 59.1 Å². The van der Waals surface area contributed by atoms with E-state index in [1.54, 1.807) is 0 Å². The van der Waals surface area contributed by atoms with Gasteiger partial charge < -0.3 is 0 Å². The lowest BCUT2D eigenvalue weighted by Gasteiger charge is -2.03. The lowest BCUT2D eigenvalue weighted by Crippen LogP contribution is -2.09. The Kier molecular flexibility index (Phi) is 3.55. The molecule has 1 aromatic carbocycles. The number of nitrogens with zero attached hydrogens (tertiary/aromatic N) is 1. The van der Waals surface area contributed by atoms with E-state index in [0.717, 1.165) is 23.7 Å². The largest absolute Gasteiger partial charge is 0.259 e. The number of hydrogen-bond acceptors (Lipinski definition) is 4. The first-order chi connectivity index (χ1) is 8.76. The molecule has 0 amide bonds. The first-order valence-electron chi connectivity index (χ1n) is 5.15. The first kappa shape index (κ1) is 13.9. The number of hydrogen-bond donors (Lipinski definition) is 1. The van der Waals surface area contributed by atoms with Gasteiger partial charge in [0.2, 0.25) is 10.0 Å². The first-order valence-corrected chi connectivity index (χ1v) is 7.93. The Morgan fingerprint density at radius 2 is 1.95 bits per heavy atom. The fourth-order valence-electron chi connectivity index (χ4n) is 1.46. The van der Waals surface area contributed by atoms with Crippen LogP contribution in [-0.2, 0) is 10.0 Å². The quantitative estimate of drug-likeness (QED) is 0.948. The lowest BCUT2D eigenvalue weighted by atomic mass is 10.1. The fraction of sp³-hybridized carbons (Fsp3) is 0.182. The molecule has 0 unspecified atom stereocenters. The van der Waals surface area contributed by atoms with Crippen molar-refractivity contribution >= 4 is 26.5 Å². The molecule has 0 saturated heterocycles. The third-order valence-corrected chi connectivity index (χ3v) is 3.75. The van der Waals surface area contributed by atoms with E-state index in [9.17, 15) is 17.2 Å². The highest BCUT2D eigenvalue weighted by molar-refractivity contribution is 7.92. The summed E-state index contributed by atoms with van der Waals surface area (Å²) in [6.45, 7) is 1.51. The molecule has 1 aromatic heterocycles. The van der Waals surface area contributed by atoms with Gasteiger partial charge in [0.1, 0.15) is 11.6 Å². The maximum Gasteiger partial charge on any atom is 0.231 e. The Morgan fingerprint density at radius 1 is 1.26 bits per heavy atom. The highest BCUT2D eigenvalue weighted by Gasteiger charge is 2.13. The summed E-state index contributed by atoms with van der Waals surface area (Å²) in [5.41, 5.74) is 0.690. The number of aromatic nitrogens is 1. The summed E-state index contributed by atoms with van der Waals surface area (Å²) < 4.78 is 51.1. The average Bonchev–Trinajstić information content (AvgIpc) is 2.69. The number of thiazole rings is 1. The molecular weight excluding hydrogens is 294 g/mol. The molecule has 0 aliphatic carbocycles. The summed E-state index contributed by atoms with van der Waals surface area (Å²) in [5, 5.41) is 1.64. The van der Waals surface area contributed by atoms with Crippen LogP contribution in [0.25, 0.3) is 11.3 Å². The van der Waals surface area contributed by atoms with Crippen LogP contribution >= 0.6 is 11.3 Å². The number of rotatable bonds is 3. The molecule has 2 aromatic rings. The minimum Gasteiger partial charge on any atom is -0.259 e. The van der Waals surface area contributed by atoms with Crippen LogP contribution in [0.4, 0.5) is 13.9 Å². The van der Waals surface area contributed by atoms with Crippen molar-refractivity contribution in [2.45, 2.75) is 6.92 Å². The molecule has 0 aliphatic heterocycles. The van der Waals surface area contributed by atoms with Crippen LogP contribution < -0.4 is 4.72 Å². The summed E-state index contributed by atoms with van der Waals surface area (Å²) in [7, 11) is -3.43. The van der Waals surface area contributed by atoms with Crippen LogP contribution in [0.1, 0.15) is 5.56 Å². The minimum atomic E-state index is -3.43. The van der Waals surface area contributed by atoms with E-state index < -0.39 is 21.7 Å². The molecule has 0 radical (unpaired) electrons. The van der Waals surface area contributed by atoms with Gasteiger partial charge in [-0.2, -0.15) is 0 Å². The number of nitrogens with one attached hydrogen (secondary N) is 1. The molecule has 0 fully saturated rings. The molecule has 1 N–H and O–H groups in total. The third kappa shape index (κ3) is 3.27. The van der Waals surface area contributed by atoms with Crippen molar-refractivity contribution in [2.24, 2.45) is 0 Å². The molecule has 0 aliphatic rings. The van der Waals surface area contributed by atoms with Crippen molar-refractivity contribution in [3.05, 3.63) is 34.7 Å². The molecule has 4 nitrogen and oxygen atoms in total. The fourth-order valence-corrected chi connectivity index (χ4v) is 3.02. The standard InChI is InChI=1S/C11H10F2N2O2S2/c1-6-3-7(9(13)4-8(6)12)10-5-18-11(14-10)15-19(2,16)17/h3-5H,1-2H3,(H,14,15). The predicted octanol–water partition coefficient (Wildman–Crippen LogP) is 2.77. The van der Waals surface area contributed by atoms with Crippen molar-refractivity contribution in [3.63, 3.8) is 0 Å². The molecule has 0 bridgehead atoms. The second kappa shape index (κ2) is 4.86. The van der Waals surface area contributed by atoms with Crippen LogP contribution in [0, 0.1) is 18.6 Å². The van der Waals surface area contributed by atoms with Crippen LogP contribution in [0.2, 0.25) is 0 Å². The molecule has 0 spiro atoms. The molecule has 102 valence electrons. The van der Waals surface area contributed by atoms with Crippen LogP contribution in [0.15, 0.2) is 17.5 Å². The summed E-state index contributed by atoms with van der Waals surface area (Å²) in [6, 6.07) is 2.12. The van der Waals surface area contributed by atoms with E-state index in [2.05, 4.69) is 9.71 Å². The number of anilines is 1. The summed E-state index contributed by atoms with van der Waals surface area (Å²) >= 11 is 1.03. The van der Waals surface area contributed by atoms with E-state index in [0.29, 0.717) is 5.56 Å². The molecule has 0 saturated carbocycles. The van der Waals surface area contributed by atoms with E-state index in [-0.39, 0.29) is 16.4 Å². The van der Waals surface area contributed by atoms with Crippen LogP contribution in [-0.4, -0.2) is 19.7 Å². The average molecular weight is 304 g/mol. The number of benzene rings is 1. The SMILES string of the molecule is Cc1cc(-c2csc(NS(C)(=O)=O)n2)c(F)cc1F. The maximum atomic E-state index is 13.6. The van der Waals surface area contributed by atoms with Gasteiger partial charge in [-0.05, 0) is 18.6 Å². The third-order valence-electron chi connectivity index (χ3n) is 2.30. The second-order valence-electron chi connectivity index (χ2n) is 3.99. The van der Waals surface area contributed by atoms with Gasteiger partial charge in [0, 0.05) is 17.0 Å². The van der Waals surface area contributed by atoms with Gasteiger partial charge in [0.25, 0.3) is 0 Å². The smallest absolute Gasteiger partial charge is 0.231 e. The summed E-state index contributed by atoms with van der Waals surface area (Å²) in [6.07, 6.45) is 0.997. The van der Waals surface area contributed by atoms with Gasteiger partial charge in [-0.15, -0.1) is 11.3 Å². The zero-order valence-electron chi connectivity index (χ0n) is 10.1. The zero-order chi connectivity index (χ0) is 14.2. The normalized spacial score (nSPS) is 11.6.